The smallest absolute Gasteiger partial charge is 0.185 e. The molecule has 0 radical (unpaired) electrons. The Morgan fingerprint density at radius 1 is 1.38 bits per heavy atom. The average molecular weight is 214 g/mol. The Kier molecular flexibility index (Phi) is 1.77. The fourth-order valence-corrected chi connectivity index (χ4v) is 2.18. The van der Waals surface area contributed by atoms with Crippen molar-refractivity contribution in [3.8, 4) is 0 Å². The third-order valence-electron chi connectivity index (χ3n) is 3.36. The van der Waals surface area contributed by atoms with Crippen LogP contribution in [0.4, 0.5) is 0 Å². The second-order valence-electron chi connectivity index (χ2n) is 4.66. The van der Waals surface area contributed by atoms with Crippen molar-refractivity contribution in [3.63, 3.8) is 0 Å². The van der Waals surface area contributed by atoms with E-state index in [9.17, 15) is 4.79 Å². The highest BCUT2D eigenvalue weighted by Gasteiger charge is 2.47. The van der Waals surface area contributed by atoms with Gasteiger partial charge in [-0.15, -0.1) is 0 Å². The third kappa shape index (κ3) is 1.21. The van der Waals surface area contributed by atoms with E-state index in [2.05, 4.69) is 4.98 Å². The monoisotopic (exact) mass is 214 g/mol. The predicted molar refractivity (Wildman–Crippen MR) is 63.5 cm³/mol. The summed E-state index contributed by atoms with van der Waals surface area (Å²) < 4.78 is 0. The number of H-pyrrole nitrogens is 1. The topological polar surface area (TPSA) is 58.9 Å². The lowest BCUT2D eigenvalue weighted by atomic mass is 10.00. The van der Waals surface area contributed by atoms with E-state index in [1.165, 1.54) is 0 Å². The molecule has 1 aromatic heterocycles. The lowest BCUT2D eigenvalue weighted by Gasteiger charge is -2.07. The fourth-order valence-electron chi connectivity index (χ4n) is 2.18. The van der Waals surface area contributed by atoms with E-state index in [0.717, 1.165) is 35.0 Å². The van der Waals surface area contributed by atoms with Crippen LogP contribution in [0, 0.1) is 6.92 Å². The van der Waals surface area contributed by atoms with E-state index in [4.69, 9.17) is 5.73 Å². The molecular weight excluding hydrogens is 200 g/mol. The zero-order valence-electron chi connectivity index (χ0n) is 9.21. The average Bonchev–Trinajstić information content (AvgIpc) is 2.92. The van der Waals surface area contributed by atoms with Gasteiger partial charge in [0.25, 0.3) is 0 Å². The van der Waals surface area contributed by atoms with Crippen LogP contribution in [0.15, 0.2) is 24.3 Å². The number of rotatable bonds is 2. The molecule has 16 heavy (non-hydrogen) atoms. The Morgan fingerprint density at radius 2 is 2.06 bits per heavy atom. The molecule has 0 atom stereocenters. The first-order chi connectivity index (χ1) is 7.62. The van der Waals surface area contributed by atoms with Gasteiger partial charge in [-0.2, -0.15) is 0 Å². The van der Waals surface area contributed by atoms with Gasteiger partial charge in [0.2, 0.25) is 0 Å². The van der Waals surface area contributed by atoms with Crippen LogP contribution in [-0.2, 0) is 0 Å². The minimum atomic E-state index is -0.588. The molecule has 1 aromatic carbocycles. The molecule has 3 rings (SSSR count). The lowest BCUT2D eigenvalue weighted by Crippen LogP contribution is -2.33. The second kappa shape index (κ2) is 2.95. The van der Waals surface area contributed by atoms with Crippen LogP contribution >= 0.6 is 0 Å². The van der Waals surface area contributed by atoms with Crippen LogP contribution in [0.3, 0.4) is 0 Å². The number of benzene rings is 1. The number of hydrogen-bond acceptors (Lipinski definition) is 2. The normalized spacial score (nSPS) is 17.6. The molecule has 0 aliphatic heterocycles. The van der Waals surface area contributed by atoms with Gasteiger partial charge >= 0.3 is 0 Å². The zero-order chi connectivity index (χ0) is 11.3. The molecule has 2 aromatic rings. The van der Waals surface area contributed by atoms with Crippen molar-refractivity contribution in [1.29, 1.82) is 0 Å². The minimum Gasteiger partial charge on any atom is -0.358 e. The maximum atomic E-state index is 12.3. The van der Waals surface area contributed by atoms with Gasteiger partial charge in [-0.25, -0.2) is 0 Å². The van der Waals surface area contributed by atoms with Crippen molar-refractivity contribution in [3.05, 3.63) is 35.5 Å². The van der Waals surface area contributed by atoms with E-state index in [-0.39, 0.29) is 5.78 Å². The van der Waals surface area contributed by atoms with Gasteiger partial charge in [-0.05, 0) is 25.8 Å². The number of para-hydroxylation sites is 1. The van der Waals surface area contributed by atoms with Crippen LogP contribution < -0.4 is 5.73 Å². The minimum absolute atomic E-state index is 0.0856. The van der Waals surface area contributed by atoms with Crippen LogP contribution in [-0.4, -0.2) is 16.3 Å². The predicted octanol–water partition coefficient (Wildman–Crippen LogP) is 2.15. The molecular formula is C13H14N2O. The zero-order valence-corrected chi connectivity index (χ0v) is 9.21. The van der Waals surface area contributed by atoms with Gasteiger partial charge in [-0.3, -0.25) is 4.79 Å². The number of aromatic amines is 1. The number of Topliss-reactive ketones (excluding diaryl/α,β-unsaturated/α-hetero) is 1. The van der Waals surface area contributed by atoms with E-state index < -0.39 is 5.54 Å². The van der Waals surface area contributed by atoms with Crippen molar-refractivity contribution >= 4 is 16.7 Å². The fraction of sp³-hybridized carbons (Fsp3) is 0.308. The molecule has 1 saturated carbocycles. The summed E-state index contributed by atoms with van der Waals surface area (Å²) in [4.78, 5) is 15.5. The molecule has 1 aliphatic carbocycles. The largest absolute Gasteiger partial charge is 0.358 e. The van der Waals surface area contributed by atoms with Gasteiger partial charge in [0.05, 0.1) is 5.54 Å². The van der Waals surface area contributed by atoms with E-state index in [0.29, 0.717) is 0 Å². The van der Waals surface area contributed by atoms with Crippen LogP contribution in [0.5, 0.6) is 0 Å². The molecule has 82 valence electrons. The van der Waals surface area contributed by atoms with Crippen LogP contribution in [0.25, 0.3) is 10.9 Å². The van der Waals surface area contributed by atoms with Crippen LogP contribution in [0.2, 0.25) is 0 Å². The Bertz CT molecular complexity index is 579. The molecule has 3 N–H and O–H groups in total. The first-order valence-corrected chi connectivity index (χ1v) is 5.53. The number of aryl methyl sites for hydroxylation is 1. The van der Waals surface area contributed by atoms with Crippen molar-refractivity contribution in [2.45, 2.75) is 25.3 Å². The van der Waals surface area contributed by atoms with E-state index in [1.807, 2.05) is 31.2 Å². The maximum absolute atomic E-state index is 12.3. The SMILES string of the molecule is Cc1[nH]c2ccccc2c1C(=O)C1(N)CC1. The van der Waals surface area contributed by atoms with Crippen molar-refractivity contribution in [2.24, 2.45) is 5.73 Å². The summed E-state index contributed by atoms with van der Waals surface area (Å²) in [5.41, 5.74) is 8.09. The van der Waals surface area contributed by atoms with Crippen molar-refractivity contribution < 1.29 is 4.79 Å². The molecule has 1 aliphatic rings. The quantitative estimate of drug-likeness (QED) is 0.752. The molecule has 3 nitrogen and oxygen atoms in total. The number of carbonyl (C=O) groups excluding carboxylic acids is 1. The molecule has 0 unspecified atom stereocenters. The number of aromatic nitrogens is 1. The van der Waals surface area contributed by atoms with Crippen molar-refractivity contribution in [2.75, 3.05) is 0 Å². The Morgan fingerprint density at radius 3 is 2.75 bits per heavy atom. The summed E-state index contributed by atoms with van der Waals surface area (Å²) in [7, 11) is 0. The summed E-state index contributed by atoms with van der Waals surface area (Å²) >= 11 is 0. The maximum Gasteiger partial charge on any atom is 0.185 e. The van der Waals surface area contributed by atoms with Gasteiger partial charge in [0, 0.05) is 22.2 Å². The van der Waals surface area contributed by atoms with Gasteiger partial charge in [-0.1, -0.05) is 18.2 Å². The van der Waals surface area contributed by atoms with Crippen molar-refractivity contribution in [1.82, 2.24) is 4.98 Å². The first kappa shape index (κ1) is 9.60. The lowest BCUT2D eigenvalue weighted by molar-refractivity contribution is 0.0950. The van der Waals surface area contributed by atoms with E-state index in [1.54, 1.807) is 0 Å². The number of hydrogen-bond donors (Lipinski definition) is 2. The number of ketones is 1. The molecule has 1 heterocycles. The molecule has 0 amide bonds. The summed E-state index contributed by atoms with van der Waals surface area (Å²) in [5.74, 6) is 0.0856. The first-order valence-electron chi connectivity index (χ1n) is 5.53. The Labute approximate surface area is 93.6 Å². The summed E-state index contributed by atoms with van der Waals surface area (Å²) in [5, 5.41) is 0.988. The van der Waals surface area contributed by atoms with Crippen LogP contribution in [0.1, 0.15) is 28.9 Å². The second-order valence-corrected chi connectivity index (χ2v) is 4.66. The summed E-state index contributed by atoms with van der Waals surface area (Å²) in [6.07, 6.45) is 1.62. The number of fused-ring (bicyclic) bond motifs is 1. The summed E-state index contributed by atoms with van der Waals surface area (Å²) in [6.45, 7) is 1.93. The highest BCUT2D eigenvalue weighted by Crippen LogP contribution is 2.38. The highest BCUT2D eigenvalue weighted by atomic mass is 16.1. The number of carbonyl (C=O) groups is 1. The Hall–Kier alpha value is -1.61. The molecule has 1 fully saturated rings. The Balaban J connectivity index is 2.22. The molecule has 0 saturated heterocycles. The summed E-state index contributed by atoms with van der Waals surface area (Å²) in [6, 6.07) is 7.86. The number of nitrogens with one attached hydrogen (secondary N) is 1. The van der Waals surface area contributed by atoms with Gasteiger partial charge in [0.1, 0.15) is 0 Å². The van der Waals surface area contributed by atoms with E-state index >= 15 is 0 Å². The van der Waals surface area contributed by atoms with Gasteiger partial charge < -0.3 is 10.7 Å². The molecule has 0 bridgehead atoms. The highest BCUT2D eigenvalue weighted by molar-refractivity contribution is 6.14. The molecule has 3 heteroatoms. The van der Waals surface area contributed by atoms with Gasteiger partial charge in [0.15, 0.2) is 5.78 Å². The third-order valence-corrected chi connectivity index (χ3v) is 3.36. The standard InChI is InChI=1S/C13H14N2O/c1-8-11(12(16)13(14)6-7-13)9-4-2-3-5-10(9)15-8/h2-5,15H,6-7,14H2,1H3. The molecule has 0 spiro atoms. The number of nitrogens with two attached hydrogens (primary N) is 1.